The highest BCUT2D eigenvalue weighted by Crippen LogP contribution is 2.41. The van der Waals surface area contributed by atoms with E-state index in [4.69, 9.17) is 4.74 Å². The maximum absolute atomic E-state index is 5.49. The van der Waals surface area contributed by atoms with Gasteiger partial charge in [0, 0.05) is 51.2 Å². The van der Waals surface area contributed by atoms with E-state index >= 15 is 0 Å². The van der Waals surface area contributed by atoms with Crippen molar-refractivity contribution in [2.45, 2.75) is 43.6 Å². The average molecular weight is 510 g/mol. The van der Waals surface area contributed by atoms with Gasteiger partial charge in [-0.15, -0.1) is 24.0 Å². The van der Waals surface area contributed by atoms with Crippen LogP contribution in [0.3, 0.4) is 0 Å². The Morgan fingerprint density at radius 3 is 2.69 bits per heavy atom. The minimum Gasteiger partial charge on any atom is -0.497 e. The number of guanidine groups is 1. The van der Waals surface area contributed by atoms with Crippen molar-refractivity contribution in [1.29, 1.82) is 0 Å². The normalized spacial score (nSPS) is 24.0. The van der Waals surface area contributed by atoms with Crippen molar-refractivity contribution in [1.82, 2.24) is 15.1 Å². The summed E-state index contributed by atoms with van der Waals surface area (Å²) in [6, 6.07) is 9.30. The van der Waals surface area contributed by atoms with Gasteiger partial charge < -0.3 is 15.0 Å². The van der Waals surface area contributed by atoms with Crippen LogP contribution in [0.1, 0.15) is 37.7 Å². The third-order valence-electron chi connectivity index (χ3n) is 6.87. The van der Waals surface area contributed by atoms with Crippen LogP contribution in [0.15, 0.2) is 41.4 Å². The predicted molar refractivity (Wildman–Crippen MR) is 131 cm³/mol. The summed E-state index contributed by atoms with van der Waals surface area (Å²) in [5.41, 5.74) is 1.58. The first-order valence-electron chi connectivity index (χ1n) is 10.7. The SMILES string of the molecule is CN=C(NCC1(c2cccc(OC)c2)CCCC1)N1CCC(N2CC=CC2)C1.I. The van der Waals surface area contributed by atoms with Crippen LogP contribution in [0.4, 0.5) is 0 Å². The maximum Gasteiger partial charge on any atom is 0.193 e. The van der Waals surface area contributed by atoms with Crippen molar-refractivity contribution >= 4 is 29.9 Å². The Balaban J connectivity index is 0.00000240. The van der Waals surface area contributed by atoms with E-state index in [-0.39, 0.29) is 29.4 Å². The molecule has 1 saturated heterocycles. The lowest BCUT2D eigenvalue weighted by molar-refractivity contribution is 0.259. The summed E-state index contributed by atoms with van der Waals surface area (Å²) in [7, 11) is 3.67. The summed E-state index contributed by atoms with van der Waals surface area (Å²) in [5.74, 6) is 2.01. The lowest BCUT2D eigenvalue weighted by atomic mass is 9.78. The predicted octanol–water partition coefficient (Wildman–Crippen LogP) is 3.65. The first kappa shape index (κ1) is 22.4. The van der Waals surface area contributed by atoms with Gasteiger partial charge in [0.15, 0.2) is 5.96 Å². The van der Waals surface area contributed by atoms with Crippen molar-refractivity contribution in [2.24, 2.45) is 4.99 Å². The summed E-state index contributed by atoms with van der Waals surface area (Å²) in [5, 5.41) is 3.74. The molecule has 1 saturated carbocycles. The number of aliphatic imine (C=N–C) groups is 1. The summed E-state index contributed by atoms with van der Waals surface area (Å²) in [6.45, 7) is 5.31. The zero-order valence-electron chi connectivity index (χ0n) is 17.8. The van der Waals surface area contributed by atoms with Gasteiger partial charge in [-0.1, -0.05) is 37.1 Å². The fourth-order valence-corrected chi connectivity index (χ4v) is 5.18. The number of likely N-dealkylation sites (tertiary alicyclic amines) is 1. The van der Waals surface area contributed by atoms with Gasteiger partial charge in [0.05, 0.1) is 7.11 Å². The molecule has 2 heterocycles. The van der Waals surface area contributed by atoms with Gasteiger partial charge in [0.25, 0.3) is 0 Å². The standard InChI is InChI=1S/C23H34N4O.HI/c1-24-22(27-15-10-20(17-27)26-13-5-6-14-26)25-18-23(11-3-4-12-23)19-8-7-9-21(16-19)28-2;/h5-9,16,20H,3-4,10-15,17-18H2,1-2H3,(H,24,25);1H. The lowest BCUT2D eigenvalue weighted by Crippen LogP contribution is -2.47. The molecule has 0 amide bonds. The van der Waals surface area contributed by atoms with Crippen LogP contribution < -0.4 is 10.1 Å². The maximum atomic E-state index is 5.49. The molecule has 2 aliphatic heterocycles. The highest BCUT2D eigenvalue weighted by atomic mass is 127. The highest BCUT2D eigenvalue weighted by molar-refractivity contribution is 14.0. The molecule has 2 fully saturated rings. The van der Waals surface area contributed by atoms with Crippen molar-refractivity contribution in [3.63, 3.8) is 0 Å². The number of hydrogen-bond acceptors (Lipinski definition) is 3. The van der Waals surface area contributed by atoms with Crippen LogP contribution in [0.25, 0.3) is 0 Å². The fourth-order valence-electron chi connectivity index (χ4n) is 5.18. The second-order valence-corrected chi connectivity index (χ2v) is 8.43. The summed E-state index contributed by atoms with van der Waals surface area (Å²) < 4.78 is 5.49. The number of ether oxygens (including phenoxy) is 1. The Bertz CT molecular complexity index is 721. The second kappa shape index (κ2) is 10.2. The lowest BCUT2D eigenvalue weighted by Gasteiger charge is -2.33. The van der Waals surface area contributed by atoms with Crippen molar-refractivity contribution in [3.05, 3.63) is 42.0 Å². The van der Waals surface area contributed by atoms with Crippen LogP contribution in [0.5, 0.6) is 5.75 Å². The van der Waals surface area contributed by atoms with E-state index in [1.807, 2.05) is 13.1 Å². The molecule has 1 aliphatic carbocycles. The van der Waals surface area contributed by atoms with E-state index in [0.717, 1.165) is 44.4 Å². The number of hydrogen-bond donors (Lipinski definition) is 1. The Kier molecular flexibility index (Phi) is 7.85. The number of nitrogens with one attached hydrogen (secondary N) is 1. The molecule has 1 aromatic carbocycles. The number of nitrogens with zero attached hydrogens (tertiary/aromatic N) is 3. The average Bonchev–Trinajstić information content (AvgIpc) is 3.49. The molecule has 4 rings (SSSR count). The smallest absolute Gasteiger partial charge is 0.193 e. The monoisotopic (exact) mass is 510 g/mol. The molecule has 1 aromatic rings. The fraction of sp³-hybridized carbons (Fsp3) is 0.609. The molecule has 0 radical (unpaired) electrons. The van der Waals surface area contributed by atoms with E-state index in [1.165, 1.54) is 37.7 Å². The molecule has 0 aromatic heterocycles. The number of methoxy groups -OCH3 is 1. The Hall–Kier alpha value is -1.28. The van der Waals surface area contributed by atoms with Crippen LogP contribution in [0, 0.1) is 0 Å². The zero-order chi connectivity index (χ0) is 19.4. The van der Waals surface area contributed by atoms with E-state index < -0.39 is 0 Å². The van der Waals surface area contributed by atoms with Crippen LogP contribution >= 0.6 is 24.0 Å². The van der Waals surface area contributed by atoms with Crippen LogP contribution in [0.2, 0.25) is 0 Å². The zero-order valence-corrected chi connectivity index (χ0v) is 20.1. The summed E-state index contributed by atoms with van der Waals surface area (Å²) >= 11 is 0. The third-order valence-corrected chi connectivity index (χ3v) is 6.87. The molecule has 6 heteroatoms. The number of halogens is 1. The quantitative estimate of drug-likeness (QED) is 0.284. The Morgan fingerprint density at radius 1 is 1.24 bits per heavy atom. The molecule has 160 valence electrons. The van der Waals surface area contributed by atoms with E-state index in [9.17, 15) is 0 Å². The van der Waals surface area contributed by atoms with Gasteiger partial charge in [0.2, 0.25) is 0 Å². The van der Waals surface area contributed by atoms with Gasteiger partial charge in [0.1, 0.15) is 5.75 Å². The van der Waals surface area contributed by atoms with Gasteiger partial charge in [-0.25, -0.2) is 0 Å². The minimum absolute atomic E-state index is 0. The van der Waals surface area contributed by atoms with Gasteiger partial charge in [-0.2, -0.15) is 0 Å². The molecule has 29 heavy (non-hydrogen) atoms. The van der Waals surface area contributed by atoms with E-state index in [0.29, 0.717) is 6.04 Å². The van der Waals surface area contributed by atoms with Crippen LogP contribution in [-0.2, 0) is 5.41 Å². The molecule has 1 N–H and O–H groups in total. The van der Waals surface area contributed by atoms with E-state index in [2.05, 4.69) is 50.5 Å². The first-order chi connectivity index (χ1) is 13.7. The van der Waals surface area contributed by atoms with Crippen LogP contribution in [-0.4, -0.2) is 68.7 Å². The summed E-state index contributed by atoms with van der Waals surface area (Å²) in [6.07, 6.45) is 10.8. The molecule has 0 bridgehead atoms. The Labute approximate surface area is 192 Å². The van der Waals surface area contributed by atoms with Crippen molar-refractivity contribution in [3.8, 4) is 5.75 Å². The molecular weight excluding hydrogens is 475 g/mol. The number of rotatable bonds is 5. The highest BCUT2D eigenvalue weighted by Gasteiger charge is 2.37. The molecule has 5 nitrogen and oxygen atoms in total. The largest absolute Gasteiger partial charge is 0.497 e. The van der Waals surface area contributed by atoms with Gasteiger partial charge >= 0.3 is 0 Å². The molecule has 0 spiro atoms. The van der Waals surface area contributed by atoms with Gasteiger partial charge in [-0.3, -0.25) is 9.89 Å². The minimum atomic E-state index is 0. The topological polar surface area (TPSA) is 40.1 Å². The molecule has 1 unspecified atom stereocenters. The Morgan fingerprint density at radius 2 is 2.00 bits per heavy atom. The molecule has 3 aliphatic rings. The number of benzene rings is 1. The van der Waals surface area contributed by atoms with Crippen molar-refractivity contribution in [2.75, 3.05) is 46.9 Å². The van der Waals surface area contributed by atoms with Crippen molar-refractivity contribution < 1.29 is 4.74 Å². The molecular formula is C23H35IN4O. The second-order valence-electron chi connectivity index (χ2n) is 8.43. The third kappa shape index (κ3) is 4.90. The first-order valence-corrected chi connectivity index (χ1v) is 10.7. The van der Waals surface area contributed by atoms with Gasteiger partial charge in [-0.05, 0) is 37.0 Å². The summed E-state index contributed by atoms with van der Waals surface area (Å²) in [4.78, 5) is 9.64. The van der Waals surface area contributed by atoms with E-state index in [1.54, 1.807) is 7.11 Å². The molecule has 1 atom stereocenters.